The van der Waals surface area contributed by atoms with Crippen LogP contribution in [-0.2, 0) is 15.9 Å². The van der Waals surface area contributed by atoms with E-state index < -0.39 is 15.8 Å². The maximum atomic E-state index is 13.3. The Hall–Kier alpha value is -0.690. The van der Waals surface area contributed by atoms with Gasteiger partial charge in [0.05, 0.1) is 4.90 Å². The van der Waals surface area contributed by atoms with Crippen molar-refractivity contribution in [3.8, 4) is 0 Å². The number of halogens is 2. The highest BCUT2D eigenvalue weighted by atomic mass is 35.5. The molecule has 108 valence electrons. The average Bonchev–Trinajstić information content (AvgIpc) is 2.35. The lowest BCUT2D eigenvalue weighted by atomic mass is 10.2. The quantitative estimate of drug-likeness (QED) is 0.752. The van der Waals surface area contributed by atoms with Crippen LogP contribution < -0.4 is 0 Å². The molecule has 1 aromatic carbocycles. The Labute approximate surface area is 118 Å². The summed E-state index contributed by atoms with van der Waals surface area (Å²) in [5.74, 6) is -0.565. The molecule has 0 spiro atoms. The highest BCUT2D eigenvalue weighted by molar-refractivity contribution is 7.89. The second-order valence-electron chi connectivity index (χ2n) is 4.52. The van der Waals surface area contributed by atoms with Gasteiger partial charge in [0, 0.05) is 26.0 Å². The van der Waals surface area contributed by atoms with Crippen LogP contribution in [0.25, 0.3) is 0 Å². The lowest BCUT2D eigenvalue weighted by Crippen LogP contribution is -2.34. The van der Waals surface area contributed by atoms with Crippen LogP contribution in [0.15, 0.2) is 23.1 Å². The van der Waals surface area contributed by atoms with E-state index in [0.29, 0.717) is 18.7 Å². The Morgan fingerprint density at radius 2 is 1.84 bits per heavy atom. The van der Waals surface area contributed by atoms with Crippen LogP contribution in [0.4, 0.5) is 4.39 Å². The van der Waals surface area contributed by atoms with Gasteiger partial charge in [0.15, 0.2) is 0 Å². The van der Waals surface area contributed by atoms with Gasteiger partial charge in [-0.1, -0.05) is 6.07 Å². The van der Waals surface area contributed by atoms with E-state index in [4.69, 9.17) is 11.6 Å². The van der Waals surface area contributed by atoms with Gasteiger partial charge in [-0.05, 0) is 31.8 Å². The molecule has 19 heavy (non-hydrogen) atoms. The van der Waals surface area contributed by atoms with Crippen LogP contribution in [0.3, 0.4) is 0 Å². The fraction of sp³-hybridized carbons (Fsp3) is 0.500. The average molecular weight is 309 g/mol. The van der Waals surface area contributed by atoms with Crippen LogP contribution in [0.2, 0.25) is 0 Å². The third-order valence-electron chi connectivity index (χ3n) is 2.72. The third-order valence-corrected chi connectivity index (χ3v) is 4.95. The minimum Gasteiger partial charge on any atom is -0.308 e. The molecule has 0 aromatic heterocycles. The molecule has 0 atom stereocenters. The fourth-order valence-electron chi connectivity index (χ4n) is 1.51. The number of likely N-dealkylation sites (N-methyl/N-ethyl adjacent to an activating group) is 2. The van der Waals surface area contributed by atoms with Gasteiger partial charge < -0.3 is 4.90 Å². The first kappa shape index (κ1) is 16.4. The van der Waals surface area contributed by atoms with Gasteiger partial charge in [0.2, 0.25) is 10.0 Å². The summed E-state index contributed by atoms with van der Waals surface area (Å²) >= 11 is 5.71. The molecule has 0 aliphatic heterocycles. The molecule has 0 unspecified atom stereocenters. The summed E-state index contributed by atoms with van der Waals surface area (Å²) in [5.41, 5.74) is 0.403. The number of alkyl halides is 1. The normalized spacial score (nSPS) is 12.4. The van der Waals surface area contributed by atoms with E-state index in [1.165, 1.54) is 23.5 Å². The van der Waals surface area contributed by atoms with E-state index in [2.05, 4.69) is 0 Å². The van der Waals surface area contributed by atoms with Gasteiger partial charge in [0.25, 0.3) is 0 Å². The SMILES string of the molecule is CN(C)CCN(C)S(=O)(=O)c1cc(F)ccc1CCl. The molecule has 0 amide bonds. The van der Waals surface area contributed by atoms with Crippen LogP contribution in [0, 0.1) is 5.82 Å². The van der Waals surface area contributed by atoms with E-state index in [9.17, 15) is 12.8 Å². The third kappa shape index (κ3) is 4.14. The molecule has 7 heteroatoms. The van der Waals surface area contributed by atoms with Crippen molar-refractivity contribution < 1.29 is 12.8 Å². The van der Waals surface area contributed by atoms with E-state index in [1.54, 1.807) is 0 Å². The predicted molar refractivity (Wildman–Crippen MR) is 74.3 cm³/mol. The molecule has 0 saturated heterocycles. The summed E-state index contributed by atoms with van der Waals surface area (Å²) in [7, 11) is 1.46. The summed E-state index contributed by atoms with van der Waals surface area (Å²) in [5, 5.41) is 0. The highest BCUT2D eigenvalue weighted by Crippen LogP contribution is 2.22. The van der Waals surface area contributed by atoms with Crippen molar-refractivity contribution in [2.45, 2.75) is 10.8 Å². The van der Waals surface area contributed by atoms with Gasteiger partial charge in [0.1, 0.15) is 5.82 Å². The van der Waals surface area contributed by atoms with Crippen molar-refractivity contribution in [2.24, 2.45) is 0 Å². The summed E-state index contributed by atoms with van der Waals surface area (Å²) in [4.78, 5) is 1.81. The number of nitrogens with zero attached hydrogens (tertiary/aromatic N) is 2. The van der Waals surface area contributed by atoms with E-state index in [-0.39, 0.29) is 10.8 Å². The fourth-order valence-corrected chi connectivity index (χ4v) is 3.21. The summed E-state index contributed by atoms with van der Waals surface area (Å²) in [6.45, 7) is 0.912. The molecule has 0 heterocycles. The van der Waals surface area contributed by atoms with Crippen LogP contribution in [0.1, 0.15) is 5.56 Å². The molecule has 0 aliphatic carbocycles. The highest BCUT2D eigenvalue weighted by Gasteiger charge is 2.24. The maximum absolute atomic E-state index is 13.3. The van der Waals surface area contributed by atoms with E-state index in [0.717, 1.165) is 6.07 Å². The van der Waals surface area contributed by atoms with Crippen LogP contribution in [0.5, 0.6) is 0 Å². The monoisotopic (exact) mass is 308 g/mol. The van der Waals surface area contributed by atoms with Crippen molar-refractivity contribution in [1.82, 2.24) is 9.21 Å². The van der Waals surface area contributed by atoms with Crippen molar-refractivity contribution in [2.75, 3.05) is 34.2 Å². The van der Waals surface area contributed by atoms with Crippen LogP contribution >= 0.6 is 11.6 Å². The second-order valence-corrected chi connectivity index (χ2v) is 6.80. The zero-order chi connectivity index (χ0) is 14.6. The zero-order valence-corrected chi connectivity index (χ0v) is 12.8. The van der Waals surface area contributed by atoms with Crippen LogP contribution in [-0.4, -0.2) is 51.9 Å². The molecule has 0 fully saturated rings. The summed E-state index contributed by atoms with van der Waals surface area (Å²) in [6, 6.07) is 3.62. The molecule has 0 N–H and O–H groups in total. The van der Waals surface area contributed by atoms with E-state index >= 15 is 0 Å². The first-order chi connectivity index (χ1) is 8.78. The van der Waals surface area contributed by atoms with Gasteiger partial charge in [-0.15, -0.1) is 11.6 Å². The molecule has 0 saturated carbocycles. The number of rotatable bonds is 6. The molecule has 4 nitrogen and oxygen atoms in total. The molecule has 0 radical (unpaired) electrons. The molecule has 0 aliphatic rings. The topological polar surface area (TPSA) is 40.6 Å². The smallest absolute Gasteiger partial charge is 0.243 e. The Bertz CT molecular complexity index is 535. The minimum atomic E-state index is -3.72. The molecule has 0 bridgehead atoms. The Morgan fingerprint density at radius 1 is 1.21 bits per heavy atom. The van der Waals surface area contributed by atoms with Gasteiger partial charge in [-0.25, -0.2) is 12.8 Å². The first-order valence-corrected chi connectivity index (χ1v) is 7.72. The second kappa shape index (κ2) is 6.65. The summed E-state index contributed by atoms with van der Waals surface area (Å²) in [6.07, 6.45) is 0. The zero-order valence-electron chi connectivity index (χ0n) is 11.2. The maximum Gasteiger partial charge on any atom is 0.243 e. The molecule has 1 aromatic rings. The van der Waals surface area contributed by atoms with Crippen molar-refractivity contribution >= 4 is 21.6 Å². The number of hydrogen-bond acceptors (Lipinski definition) is 3. The van der Waals surface area contributed by atoms with Gasteiger partial charge in [-0.2, -0.15) is 4.31 Å². The van der Waals surface area contributed by atoms with Crippen molar-refractivity contribution in [3.63, 3.8) is 0 Å². The molecule has 1 rings (SSSR count). The van der Waals surface area contributed by atoms with Gasteiger partial charge >= 0.3 is 0 Å². The molecular formula is C12H18ClFN2O2S. The Morgan fingerprint density at radius 3 is 2.37 bits per heavy atom. The lowest BCUT2D eigenvalue weighted by Gasteiger charge is -2.20. The number of sulfonamides is 1. The molecular weight excluding hydrogens is 291 g/mol. The first-order valence-electron chi connectivity index (χ1n) is 5.74. The standard InChI is InChI=1S/C12H18ClFN2O2S/c1-15(2)6-7-16(3)19(17,18)12-8-11(14)5-4-10(12)9-13/h4-5,8H,6-7,9H2,1-3H3. The largest absolute Gasteiger partial charge is 0.308 e. The summed E-state index contributed by atoms with van der Waals surface area (Å²) < 4.78 is 39.2. The number of benzene rings is 1. The predicted octanol–water partition coefficient (Wildman–Crippen LogP) is 1.75. The van der Waals surface area contributed by atoms with Crippen molar-refractivity contribution in [3.05, 3.63) is 29.6 Å². The van der Waals surface area contributed by atoms with Gasteiger partial charge in [-0.3, -0.25) is 0 Å². The minimum absolute atomic E-state index is 0.0242. The Kier molecular flexibility index (Phi) is 5.73. The number of hydrogen-bond donors (Lipinski definition) is 0. The van der Waals surface area contributed by atoms with Crippen molar-refractivity contribution in [1.29, 1.82) is 0 Å². The lowest BCUT2D eigenvalue weighted by molar-refractivity contribution is 0.358. The van der Waals surface area contributed by atoms with E-state index in [1.807, 2.05) is 19.0 Å². The Balaban J connectivity index is 3.09.